The molecule has 5 nitrogen and oxygen atoms in total. The molecular formula is C10H15NO4. The van der Waals surface area contributed by atoms with E-state index in [9.17, 15) is 9.59 Å². The summed E-state index contributed by atoms with van der Waals surface area (Å²) in [6.07, 6.45) is 0.244. The summed E-state index contributed by atoms with van der Waals surface area (Å²) in [4.78, 5) is 23.7. The van der Waals surface area contributed by atoms with Gasteiger partial charge in [-0.3, -0.25) is 4.79 Å². The highest BCUT2D eigenvalue weighted by Gasteiger charge is 2.39. The van der Waals surface area contributed by atoms with Crippen LogP contribution in [0.1, 0.15) is 13.8 Å². The largest absolute Gasteiger partial charge is 0.479 e. The third-order valence-electron chi connectivity index (χ3n) is 2.43. The van der Waals surface area contributed by atoms with E-state index in [1.807, 2.05) is 13.8 Å². The lowest BCUT2D eigenvalue weighted by Crippen LogP contribution is -2.59. The van der Waals surface area contributed by atoms with Crippen LogP contribution in [0.4, 0.5) is 0 Å². The molecule has 0 radical (unpaired) electrons. The minimum Gasteiger partial charge on any atom is -0.479 e. The predicted molar refractivity (Wildman–Crippen MR) is 53.4 cm³/mol. The van der Waals surface area contributed by atoms with Crippen LogP contribution in [0.3, 0.4) is 0 Å². The van der Waals surface area contributed by atoms with Crippen LogP contribution in [-0.4, -0.2) is 46.7 Å². The van der Waals surface area contributed by atoms with E-state index in [-0.39, 0.29) is 19.1 Å². The molecule has 0 saturated carbocycles. The van der Waals surface area contributed by atoms with Crippen LogP contribution < -0.4 is 0 Å². The van der Waals surface area contributed by atoms with Crippen molar-refractivity contribution in [1.29, 1.82) is 0 Å². The standard InChI is InChI=1S/C10H15NO4/c1-4-8(12)11-5-7(9(13)14)15-6-10(11,2)3/h4,7H,1,5-6H2,2-3H3,(H,13,14). The first kappa shape index (κ1) is 11.7. The van der Waals surface area contributed by atoms with E-state index in [1.165, 1.54) is 11.0 Å². The molecule has 0 bridgehead atoms. The molecule has 1 amide bonds. The molecule has 1 aliphatic rings. The molecule has 15 heavy (non-hydrogen) atoms. The molecular weight excluding hydrogens is 198 g/mol. The van der Waals surface area contributed by atoms with E-state index in [0.717, 1.165) is 0 Å². The molecule has 1 N–H and O–H groups in total. The van der Waals surface area contributed by atoms with Gasteiger partial charge in [0.1, 0.15) is 0 Å². The summed E-state index contributed by atoms with van der Waals surface area (Å²) in [5.74, 6) is -1.32. The van der Waals surface area contributed by atoms with Gasteiger partial charge in [-0.2, -0.15) is 0 Å². The molecule has 0 aromatic carbocycles. The first-order valence-electron chi connectivity index (χ1n) is 4.67. The minimum atomic E-state index is -1.05. The van der Waals surface area contributed by atoms with E-state index in [2.05, 4.69) is 6.58 Å². The Hall–Kier alpha value is -1.36. The Morgan fingerprint density at radius 1 is 1.60 bits per heavy atom. The van der Waals surface area contributed by atoms with Gasteiger partial charge in [-0.25, -0.2) is 4.79 Å². The first-order chi connectivity index (χ1) is 6.88. The fraction of sp³-hybridized carbons (Fsp3) is 0.600. The van der Waals surface area contributed by atoms with Gasteiger partial charge in [0.2, 0.25) is 5.91 Å². The summed E-state index contributed by atoms with van der Waals surface area (Å²) in [6.45, 7) is 7.32. The molecule has 1 saturated heterocycles. The van der Waals surface area contributed by atoms with Gasteiger partial charge in [-0.05, 0) is 19.9 Å². The number of ether oxygens (including phenoxy) is 1. The van der Waals surface area contributed by atoms with Crippen molar-refractivity contribution in [2.24, 2.45) is 0 Å². The lowest BCUT2D eigenvalue weighted by Gasteiger charge is -2.43. The van der Waals surface area contributed by atoms with Gasteiger partial charge in [-0.1, -0.05) is 6.58 Å². The second kappa shape index (κ2) is 4.02. The van der Waals surface area contributed by atoms with Crippen LogP contribution in [0.2, 0.25) is 0 Å². The van der Waals surface area contributed by atoms with Crippen molar-refractivity contribution in [3.63, 3.8) is 0 Å². The van der Waals surface area contributed by atoms with Crippen molar-refractivity contribution in [3.8, 4) is 0 Å². The average molecular weight is 213 g/mol. The molecule has 1 heterocycles. The summed E-state index contributed by atoms with van der Waals surface area (Å²) in [6, 6.07) is 0. The number of nitrogens with zero attached hydrogens (tertiary/aromatic N) is 1. The molecule has 0 aromatic heterocycles. The Balaban J connectivity index is 2.83. The van der Waals surface area contributed by atoms with Gasteiger partial charge in [0.15, 0.2) is 6.10 Å². The molecule has 1 rings (SSSR count). The number of hydrogen-bond acceptors (Lipinski definition) is 3. The second-order valence-corrected chi connectivity index (χ2v) is 4.10. The zero-order chi connectivity index (χ0) is 11.6. The molecule has 1 unspecified atom stereocenters. The number of hydrogen-bond donors (Lipinski definition) is 1. The van der Waals surface area contributed by atoms with Gasteiger partial charge in [0, 0.05) is 0 Å². The molecule has 0 aliphatic carbocycles. The SMILES string of the molecule is C=CC(=O)N1CC(C(=O)O)OCC1(C)C. The Morgan fingerprint density at radius 3 is 2.67 bits per heavy atom. The van der Waals surface area contributed by atoms with E-state index in [4.69, 9.17) is 9.84 Å². The number of carbonyl (C=O) groups excluding carboxylic acids is 1. The predicted octanol–water partition coefficient (Wildman–Crippen LogP) is 0.263. The van der Waals surface area contributed by atoms with E-state index < -0.39 is 17.6 Å². The molecule has 1 fully saturated rings. The van der Waals surface area contributed by atoms with Gasteiger partial charge >= 0.3 is 5.97 Å². The number of rotatable bonds is 2. The lowest BCUT2D eigenvalue weighted by molar-refractivity contribution is -0.169. The number of morpholine rings is 1. The monoisotopic (exact) mass is 213 g/mol. The van der Waals surface area contributed by atoms with Crippen molar-refractivity contribution in [3.05, 3.63) is 12.7 Å². The van der Waals surface area contributed by atoms with Crippen LogP contribution in [0.5, 0.6) is 0 Å². The highest BCUT2D eigenvalue weighted by atomic mass is 16.5. The fourth-order valence-corrected chi connectivity index (χ4v) is 1.50. The number of carbonyl (C=O) groups is 2. The van der Waals surface area contributed by atoms with Crippen molar-refractivity contribution in [2.75, 3.05) is 13.2 Å². The van der Waals surface area contributed by atoms with Gasteiger partial charge in [-0.15, -0.1) is 0 Å². The maximum atomic E-state index is 11.5. The molecule has 0 aromatic rings. The van der Waals surface area contributed by atoms with E-state index >= 15 is 0 Å². The topological polar surface area (TPSA) is 66.8 Å². The van der Waals surface area contributed by atoms with Gasteiger partial charge in [0.25, 0.3) is 0 Å². The normalized spacial score (nSPS) is 24.7. The zero-order valence-electron chi connectivity index (χ0n) is 8.90. The Morgan fingerprint density at radius 2 is 2.20 bits per heavy atom. The summed E-state index contributed by atoms with van der Waals surface area (Å²) in [7, 11) is 0. The maximum Gasteiger partial charge on any atom is 0.334 e. The van der Waals surface area contributed by atoms with E-state index in [1.54, 1.807) is 0 Å². The van der Waals surface area contributed by atoms with Crippen molar-refractivity contribution in [2.45, 2.75) is 25.5 Å². The molecule has 5 heteroatoms. The third-order valence-corrected chi connectivity index (χ3v) is 2.43. The van der Waals surface area contributed by atoms with Crippen LogP contribution >= 0.6 is 0 Å². The van der Waals surface area contributed by atoms with Crippen molar-refractivity contribution in [1.82, 2.24) is 4.90 Å². The molecule has 84 valence electrons. The highest BCUT2D eigenvalue weighted by molar-refractivity contribution is 5.88. The van der Waals surface area contributed by atoms with Gasteiger partial charge in [0.05, 0.1) is 18.7 Å². The number of amides is 1. The quantitative estimate of drug-likeness (QED) is 0.668. The van der Waals surface area contributed by atoms with E-state index in [0.29, 0.717) is 0 Å². The Bertz CT molecular complexity index is 298. The fourth-order valence-electron chi connectivity index (χ4n) is 1.50. The Kier molecular flexibility index (Phi) is 3.14. The highest BCUT2D eigenvalue weighted by Crippen LogP contribution is 2.22. The summed E-state index contributed by atoms with van der Waals surface area (Å²) in [5, 5.41) is 8.79. The lowest BCUT2D eigenvalue weighted by atomic mass is 10.0. The minimum absolute atomic E-state index is 0.0627. The maximum absolute atomic E-state index is 11.5. The van der Waals surface area contributed by atoms with Crippen molar-refractivity contribution < 1.29 is 19.4 Å². The summed E-state index contributed by atoms with van der Waals surface area (Å²) in [5.41, 5.74) is -0.489. The van der Waals surface area contributed by atoms with Gasteiger partial charge < -0.3 is 14.7 Å². The van der Waals surface area contributed by atoms with Crippen LogP contribution in [-0.2, 0) is 14.3 Å². The smallest absolute Gasteiger partial charge is 0.334 e. The van der Waals surface area contributed by atoms with Crippen LogP contribution in [0.15, 0.2) is 12.7 Å². The number of carboxylic acids is 1. The summed E-state index contributed by atoms with van der Waals surface area (Å²) < 4.78 is 5.15. The van der Waals surface area contributed by atoms with Crippen LogP contribution in [0, 0.1) is 0 Å². The molecule has 1 atom stereocenters. The number of aliphatic carboxylic acids is 1. The Labute approximate surface area is 88.3 Å². The van der Waals surface area contributed by atoms with Crippen molar-refractivity contribution >= 4 is 11.9 Å². The average Bonchev–Trinajstić information content (AvgIpc) is 2.15. The van der Waals surface area contributed by atoms with Crippen LogP contribution in [0.25, 0.3) is 0 Å². The molecule has 1 aliphatic heterocycles. The summed E-state index contributed by atoms with van der Waals surface area (Å²) >= 11 is 0. The number of carboxylic acid groups (broad SMARTS) is 1. The zero-order valence-corrected chi connectivity index (χ0v) is 8.90. The second-order valence-electron chi connectivity index (χ2n) is 4.10. The molecule has 0 spiro atoms. The third kappa shape index (κ3) is 2.36. The first-order valence-corrected chi connectivity index (χ1v) is 4.67.